The van der Waals surface area contributed by atoms with E-state index in [-0.39, 0.29) is 23.7 Å². The van der Waals surface area contributed by atoms with E-state index in [0.29, 0.717) is 13.1 Å². The summed E-state index contributed by atoms with van der Waals surface area (Å²) in [6.07, 6.45) is 3.43. The third kappa shape index (κ3) is 3.36. The zero-order valence-electron chi connectivity index (χ0n) is 13.5. The number of likely N-dealkylation sites (tertiary alicyclic amines) is 1. The molecular formula is C15H21BrN4O3. The Balaban J connectivity index is 1.76. The van der Waals surface area contributed by atoms with Crippen LogP contribution in [-0.2, 0) is 4.74 Å². The summed E-state index contributed by atoms with van der Waals surface area (Å²) in [5, 5.41) is 4.03. The molecule has 8 heteroatoms. The fraction of sp³-hybridized carbons (Fsp3) is 0.667. The van der Waals surface area contributed by atoms with Gasteiger partial charge in [0.1, 0.15) is 5.60 Å². The van der Waals surface area contributed by atoms with E-state index in [1.54, 1.807) is 17.2 Å². The van der Waals surface area contributed by atoms with Crippen LogP contribution < -0.4 is 10.5 Å². The molecule has 3 rings (SSSR count). The Morgan fingerprint density at radius 1 is 1.30 bits per heavy atom. The molecule has 2 aliphatic rings. The van der Waals surface area contributed by atoms with Gasteiger partial charge in [-0.05, 0) is 33.6 Å². The summed E-state index contributed by atoms with van der Waals surface area (Å²) >= 11 is 3.06. The van der Waals surface area contributed by atoms with Crippen molar-refractivity contribution in [3.63, 3.8) is 0 Å². The standard InChI is InChI=1S/C15H21BrN4O3/c1-15(2,3)23-14(22)18-8-10-4-5-11(9-18)19(10)12-6-13(21)20(16)17-7-12/h6-7,10-11H,4-5,8-9H2,1-3H3. The number of halogens is 1. The molecule has 1 aromatic heterocycles. The van der Waals surface area contributed by atoms with Gasteiger partial charge in [0.05, 0.1) is 28.0 Å². The normalized spacial score (nSPS) is 24.0. The van der Waals surface area contributed by atoms with Gasteiger partial charge in [-0.3, -0.25) is 4.79 Å². The van der Waals surface area contributed by atoms with Crippen LogP contribution in [0.15, 0.2) is 17.1 Å². The predicted octanol–water partition coefficient (Wildman–Crippen LogP) is 1.99. The number of hydrogen-bond acceptors (Lipinski definition) is 5. The Hall–Kier alpha value is -1.57. The number of carbonyl (C=O) groups excluding carboxylic acids is 1. The quantitative estimate of drug-likeness (QED) is 0.740. The molecule has 2 atom stereocenters. The van der Waals surface area contributed by atoms with E-state index in [9.17, 15) is 9.59 Å². The van der Waals surface area contributed by atoms with Crippen molar-refractivity contribution in [1.29, 1.82) is 0 Å². The second-order valence-corrected chi connectivity index (χ2v) is 7.76. The first-order valence-electron chi connectivity index (χ1n) is 7.76. The van der Waals surface area contributed by atoms with Gasteiger partial charge in [-0.1, -0.05) is 0 Å². The summed E-state index contributed by atoms with van der Waals surface area (Å²) in [6, 6.07) is 1.98. The molecule has 2 bridgehead atoms. The summed E-state index contributed by atoms with van der Waals surface area (Å²) in [4.78, 5) is 28.1. The Kier molecular flexibility index (Phi) is 4.12. The minimum absolute atomic E-state index is 0.198. The van der Waals surface area contributed by atoms with Gasteiger partial charge in [-0.2, -0.15) is 8.81 Å². The van der Waals surface area contributed by atoms with Gasteiger partial charge in [-0.25, -0.2) is 4.79 Å². The summed E-state index contributed by atoms with van der Waals surface area (Å²) in [6.45, 7) is 6.84. The zero-order chi connectivity index (χ0) is 16.8. The molecule has 7 nitrogen and oxygen atoms in total. The Morgan fingerprint density at radius 3 is 2.43 bits per heavy atom. The lowest BCUT2D eigenvalue weighted by Gasteiger charge is -2.42. The highest BCUT2D eigenvalue weighted by Gasteiger charge is 2.42. The number of nitrogens with zero attached hydrogens (tertiary/aromatic N) is 4. The number of amides is 1. The Morgan fingerprint density at radius 2 is 1.91 bits per heavy atom. The second kappa shape index (κ2) is 5.81. The molecule has 1 amide bonds. The first-order valence-corrected chi connectivity index (χ1v) is 8.47. The topological polar surface area (TPSA) is 67.7 Å². The predicted molar refractivity (Wildman–Crippen MR) is 89.9 cm³/mol. The van der Waals surface area contributed by atoms with E-state index >= 15 is 0 Å². The molecule has 0 saturated carbocycles. The largest absolute Gasteiger partial charge is 0.444 e. The minimum atomic E-state index is -0.489. The second-order valence-electron chi connectivity index (χ2n) is 7.09. The number of carbonyl (C=O) groups is 1. The van der Waals surface area contributed by atoms with Crippen molar-refractivity contribution in [2.45, 2.75) is 51.3 Å². The molecule has 0 N–H and O–H groups in total. The van der Waals surface area contributed by atoms with Crippen LogP contribution in [0.5, 0.6) is 0 Å². The lowest BCUT2D eigenvalue weighted by atomic mass is 10.1. The SMILES string of the molecule is CC(C)(C)OC(=O)N1CC2CCC(C1)N2c1cnn(Br)c(=O)c1. The summed E-state index contributed by atoms with van der Waals surface area (Å²) in [5.41, 5.74) is 0.135. The number of hydrogen-bond donors (Lipinski definition) is 0. The number of fused-ring (bicyclic) bond motifs is 2. The summed E-state index contributed by atoms with van der Waals surface area (Å²) in [7, 11) is 0. The van der Waals surface area contributed by atoms with Gasteiger partial charge in [0.25, 0.3) is 5.56 Å². The average molecular weight is 385 g/mol. The highest BCUT2D eigenvalue weighted by Crippen LogP contribution is 2.34. The lowest BCUT2D eigenvalue weighted by molar-refractivity contribution is 0.0209. The van der Waals surface area contributed by atoms with E-state index < -0.39 is 5.60 Å². The molecule has 2 aliphatic heterocycles. The monoisotopic (exact) mass is 384 g/mol. The van der Waals surface area contributed by atoms with Gasteiger partial charge in [-0.15, -0.1) is 0 Å². The number of rotatable bonds is 1. The number of anilines is 1. The van der Waals surface area contributed by atoms with Crippen molar-refractivity contribution < 1.29 is 9.53 Å². The van der Waals surface area contributed by atoms with Gasteiger partial charge in [0.15, 0.2) is 0 Å². The highest BCUT2D eigenvalue weighted by atomic mass is 79.9. The van der Waals surface area contributed by atoms with Crippen molar-refractivity contribution in [2.24, 2.45) is 0 Å². The van der Waals surface area contributed by atoms with Crippen LogP contribution in [0.3, 0.4) is 0 Å². The molecule has 2 unspecified atom stereocenters. The first kappa shape index (κ1) is 16.3. The fourth-order valence-electron chi connectivity index (χ4n) is 3.33. The van der Waals surface area contributed by atoms with Crippen molar-refractivity contribution >= 4 is 27.9 Å². The van der Waals surface area contributed by atoms with E-state index in [0.717, 1.165) is 22.2 Å². The van der Waals surface area contributed by atoms with Gasteiger partial charge < -0.3 is 14.5 Å². The van der Waals surface area contributed by atoms with Crippen LogP contribution in [0.25, 0.3) is 0 Å². The number of aromatic nitrogens is 2. The molecule has 126 valence electrons. The van der Waals surface area contributed by atoms with E-state index in [1.165, 1.54) is 0 Å². The summed E-state index contributed by atoms with van der Waals surface area (Å²) in [5.74, 6) is 0. The molecule has 3 heterocycles. The molecule has 0 radical (unpaired) electrons. The number of ether oxygens (including phenoxy) is 1. The van der Waals surface area contributed by atoms with E-state index in [1.807, 2.05) is 20.8 Å². The molecule has 23 heavy (non-hydrogen) atoms. The van der Waals surface area contributed by atoms with Gasteiger partial charge in [0, 0.05) is 31.2 Å². The molecule has 2 fully saturated rings. The Labute approximate surface area is 143 Å². The smallest absolute Gasteiger partial charge is 0.410 e. The third-order valence-electron chi connectivity index (χ3n) is 4.18. The van der Waals surface area contributed by atoms with Gasteiger partial charge >= 0.3 is 6.09 Å². The van der Waals surface area contributed by atoms with Crippen LogP contribution in [0.1, 0.15) is 33.6 Å². The number of piperazine rings is 1. The minimum Gasteiger partial charge on any atom is -0.444 e. The molecular weight excluding hydrogens is 364 g/mol. The first-order chi connectivity index (χ1) is 10.7. The van der Waals surface area contributed by atoms with Crippen LogP contribution >= 0.6 is 16.1 Å². The van der Waals surface area contributed by atoms with Crippen molar-refractivity contribution in [3.8, 4) is 0 Å². The van der Waals surface area contributed by atoms with Crippen molar-refractivity contribution in [3.05, 3.63) is 22.6 Å². The fourth-order valence-corrected chi connectivity index (χ4v) is 3.52. The molecule has 2 saturated heterocycles. The maximum Gasteiger partial charge on any atom is 0.410 e. The molecule has 0 spiro atoms. The molecule has 0 aromatic carbocycles. The molecule has 1 aromatic rings. The van der Waals surface area contributed by atoms with E-state index in [4.69, 9.17) is 4.74 Å². The zero-order valence-corrected chi connectivity index (χ0v) is 15.1. The third-order valence-corrected chi connectivity index (χ3v) is 4.71. The van der Waals surface area contributed by atoms with Crippen LogP contribution in [0.4, 0.5) is 10.5 Å². The van der Waals surface area contributed by atoms with Crippen LogP contribution in [-0.4, -0.2) is 50.6 Å². The van der Waals surface area contributed by atoms with Crippen molar-refractivity contribution in [1.82, 2.24) is 13.7 Å². The van der Waals surface area contributed by atoms with Crippen LogP contribution in [0, 0.1) is 0 Å². The summed E-state index contributed by atoms with van der Waals surface area (Å²) < 4.78 is 6.61. The Bertz CT molecular complexity index is 655. The van der Waals surface area contributed by atoms with Gasteiger partial charge in [0.2, 0.25) is 0 Å². The van der Waals surface area contributed by atoms with E-state index in [2.05, 4.69) is 26.1 Å². The maximum atomic E-state index is 12.3. The highest BCUT2D eigenvalue weighted by molar-refractivity contribution is 9.08. The molecule has 0 aliphatic carbocycles. The van der Waals surface area contributed by atoms with Crippen molar-refractivity contribution in [2.75, 3.05) is 18.0 Å². The lowest BCUT2D eigenvalue weighted by Crippen LogP contribution is -2.56. The van der Waals surface area contributed by atoms with Crippen LogP contribution in [0.2, 0.25) is 0 Å². The maximum absolute atomic E-state index is 12.3. The average Bonchev–Trinajstić information content (AvgIpc) is 2.70.